The van der Waals surface area contributed by atoms with Gasteiger partial charge in [-0.25, -0.2) is 4.98 Å². The summed E-state index contributed by atoms with van der Waals surface area (Å²) in [6, 6.07) is 9.35. The first kappa shape index (κ1) is 15.9. The van der Waals surface area contributed by atoms with Crippen molar-refractivity contribution >= 4 is 28.3 Å². The molecule has 0 fully saturated rings. The van der Waals surface area contributed by atoms with E-state index >= 15 is 0 Å². The predicted octanol–water partition coefficient (Wildman–Crippen LogP) is 3.29. The summed E-state index contributed by atoms with van der Waals surface area (Å²) in [5.41, 5.74) is 3.20. The smallest absolute Gasteiger partial charge is 0.260 e. The van der Waals surface area contributed by atoms with Crippen LogP contribution < -0.4 is 10.6 Å². The van der Waals surface area contributed by atoms with Crippen LogP contribution in [0.4, 0.5) is 5.13 Å². The van der Waals surface area contributed by atoms with Crippen LogP contribution in [-0.2, 0) is 11.3 Å². The normalized spacial score (nSPS) is 10.4. The van der Waals surface area contributed by atoms with Gasteiger partial charge in [0.15, 0.2) is 5.13 Å². The van der Waals surface area contributed by atoms with Crippen molar-refractivity contribution in [2.24, 2.45) is 0 Å². The van der Waals surface area contributed by atoms with Crippen LogP contribution in [0.25, 0.3) is 11.3 Å². The number of anilines is 1. The molecule has 3 rings (SSSR count). The van der Waals surface area contributed by atoms with Crippen LogP contribution in [0.1, 0.15) is 22.8 Å². The Balaban J connectivity index is 1.66. The highest BCUT2D eigenvalue weighted by molar-refractivity contribution is 7.14. The maximum atomic E-state index is 12.0. The van der Waals surface area contributed by atoms with Crippen LogP contribution in [-0.4, -0.2) is 16.8 Å². The van der Waals surface area contributed by atoms with Gasteiger partial charge in [0.05, 0.1) is 17.5 Å². The molecule has 0 saturated heterocycles. The minimum absolute atomic E-state index is 0.0587. The highest BCUT2D eigenvalue weighted by Gasteiger charge is 2.11. The van der Waals surface area contributed by atoms with E-state index in [1.165, 1.54) is 30.8 Å². The van der Waals surface area contributed by atoms with Gasteiger partial charge in [0, 0.05) is 24.4 Å². The SMILES string of the molecule is CC(=O)NCc1ccc(-c2csc(NC(=O)c3ccoc3)n2)cc1. The van der Waals surface area contributed by atoms with Crippen molar-refractivity contribution in [3.05, 3.63) is 59.4 Å². The lowest BCUT2D eigenvalue weighted by atomic mass is 10.1. The Bertz CT molecular complexity index is 838. The minimum Gasteiger partial charge on any atom is -0.472 e. The second-order valence-corrected chi connectivity index (χ2v) is 5.97. The number of aromatic nitrogens is 1. The average Bonchev–Trinajstić information content (AvgIpc) is 3.25. The summed E-state index contributed by atoms with van der Waals surface area (Å²) in [5, 5.41) is 7.90. The molecule has 0 unspecified atom stereocenters. The number of amides is 2. The van der Waals surface area contributed by atoms with E-state index in [1.807, 2.05) is 29.6 Å². The number of furan rings is 1. The summed E-state index contributed by atoms with van der Waals surface area (Å²) >= 11 is 1.36. The number of carbonyl (C=O) groups is 2. The Morgan fingerprint density at radius 1 is 1.21 bits per heavy atom. The number of rotatable bonds is 5. The Morgan fingerprint density at radius 3 is 2.67 bits per heavy atom. The third-order valence-corrected chi connectivity index (χ3v) is 4.06. The van der Waals surface area contributed by atoms with E-state index in [0.29, 0.717) is 17.2 Å². The van der Waals surface area contributed by atoms with Gasteiger partial charge in [-0.15, -0.1) is 11.3 Å². The summed E-state index contributed by atoms with van der Waals surface area (Å²) in [6.45, 7) is 1.99. The first-order chi connectivity index (χ1) is 11.6. The number of hydrogen-bond donors (Lipinski definition) is 2. The molecule has 0 aliphatic heterocycles. The van der Waals surface area contributed by atoms with Crippen molar-refractivity contribution in [3.63, 3.8) is 0 Å². The number of thiazole rings is 1. The first-order valence-electron chi connectivity index (χ1n) is 7.24. The Hall–Kier alpha value is -2.93. The molecule has 122 valence electrons. The third kappa shape index (κ3) is 3.88. The van der Waals surface area contributed by atoms with Gasteiger partial charge in [0.25, 0.3) is 5.91 Å². The average molecular weight is 341 g/mol. The van der Waals surface area contributed by atoms with Crippen molar-refractivity contribution in [1.82, 2.24) is 10.3 Å². The third-order valence-electron chi connectivity index (χ3n) is 3.30. The number of nitrogens with zero attached hydrogens (tertiary/aromatic N) is 1. The van der Waals surface area contributed by atoms with E-state index in [4.69, 9.17) is 4.42 Å². The quantitative estimate of drug-likeness (QED) is 0.746. The van der Waals surface area contributed by atoms with Gasteiger partial charge in [0.2, 0.25) is 5.91 Å². The monoisotopic (exact) mass is 341 g/mol. The number of hydrogen-bond acceptors (Lipinski definition) is 5. The Kier molecular flexibility index (Phi) is 4.72. The summed E-state index contributed by atoms with van der Waals surface area (Å²) < 4.78 is 4.89. The zero-order valence-corrected chi connectivity index (χ0v) is 13.7. The van der Waals surface area contributed by atoms with E-state index < -0.39 is 0 Å². The van der Waals surface area contributed by atoms with Crippen molar-refractivity contribution in [3.8, 4) is 11.3 Å². The van der Waals surface area contributed by atoms with Crippen molar-refractivity contribution in [1.29, 1.82) is 0 Å². The minimum atomic E-state index is -0.254. The van der Waals surface area contributed by atoms with Crippen LogP contribution in [0.3, 0.4) is 0 Å². The molecule has 0 atom stereocenters. The van der Waals surface area contributed by atoms with E-state index in [1.54, 1.807) is 6.07 Å². The second-order valence-electron chi connectivity index (χ2n) is 5.11. The number of carbonyl (C=O) groups excluding carboxylic acids is 2. The van der Waals surface area contributed by atoms with Crippen molar-refractivity contribution < 1.29 is 14.0 Å². The first-order valence-corrected chi connectivity index (χ1v) is 8.12. The van der Waals surface area contributed by atoms with E-state index in [-0.39, 0.29) is 11.8 Å². The molecule has 2 N–H and O–H groups in total. The fourth-order valence-corrected chi connectivity index (χ4v) is 2.76. The molecule has 24 heavy (non-hydrogen) atoms. The van der Waals surface area contributed by atoms with Gasteiger partial charge in [-0.1, -0.05) is 24.3 Å². The highest BCUT2D eigenvalue weighted by atomic mass is 32.1. The lowest BCUT2D eigenvalue weighted by Gasteiger charge is -2.03. The topological polar surface area (TPSA) is 84.2 Å². The van der Waals surface area contributed by atoms with E-state index in [9.17, 15) is 9.59 Å². The second kappa shape index (κ2) is 7.10. The van der Waals surface area contributed by atoms with Crippen molar-refractivity contribution in [2.75, 3.05) is 5.32 Å². The standard InChI is InChI=1S/C17H15N3O3S/c1-11(21)18-8-12-2-4-13(5-3-12)15-10-24-17(19-15)20-16(22)14-6-7-23-9-14/h2-7,9-10H,8H2,1H3,(H,18,21)(H,19,20,22). The van der Waals surface area contributed by atoms with Gasteiger partial charge in [-0.2, -0.15) is 0 Å². The molecule has 0 aliphatic rings. The van der Waals surface area contributed by atoms with Crippen LogP contribution in [0.5, 0.6) is 0 Å². The Labute approximate surface area is 142 Å². The zero-order valence-electron chi connectivity index (χ0n) is 12.9. The summed E-state index contributed by atoms with van der Waals surface area (Å²) in [6.07, 6.45) is 2.84. The van der Waals surface area contributed by atoms with Crippen LogP contribution in [0.15, 0.2) is 52.7 Å². The van der Waals surface area contributed by atoms with E-state index in [2.05, 4.69) is 15.6 Å². The van der Waals surface area contributed by atoms with Gasteiger partial charge < -0.3 is 9.73 Å². The summed E-state index contributed by atoms with van der Waals surface area (Å²) in [7, 11) is 0. The fourth-order valence-electron chi connectivity index (χ4n) is 2.05. The molecular formula is C17H15N3O3S. The van der Waals surface area contributed by atoms with Gasteiger partial charge in [0.1, 0.15) is 6.26 Å². The molecule has 6 nitrogen and oxygen atoms in total. The molecule has 2 amide bonds. The fraction of sp³-hybridized carbons (Fsp3) is 0.118. The Morgan fingerprint density at radius 2 is 2.00 bits per heavy atom. The largest absolute Gasteiger partial charge is 0.472 e. The molecule has 2 aromatic heterocycles. The molecule has 0 saturated carbocycles. The molecule has 1 aromatic carbocycles. The van der Waals surface area contributed by atoms with Gasteiger partial charge >= 0.3 is 0 Å². The van der Waals surface area contributed by atoms with Gasteiger partial charge in [-0.3, -0.25) is 14.9 Å². The molecule has 2 heterocycles. The molecule has 0 spiro atoms. The number of benzene rings is 1. The van der Waals surface area contributed by atoms with Crippen molar-refractivity contribution in [2.45, 2.75) is 13.5 Å². The maximum Gasteiger partial charge on any atom is 0.260 e. The highest BCUT2D eigenvalue weighted by Crippen LogP contribution is 2.25. The predicted molar refractivity (Wildman–Crippen MR) is 91.7 cm³/mol. The van der Waals surface area contributed by atoms with Crippen LogP contribution in [0, 0.1) is 0 Å². The zero-order chi connectivity index (χ0) is 16.9. The summed E-state index contributed by atoms with van der Waals surface area (Å²) in [5.74, 6) is -0.313. The lowest BCUT2D eigenvalue weighted by molar-refractivity contribution is -0.119. The van der Waals surface area contributed by atoms with Crippen LogP contribution in [0.2, 0.25) is 0 Å². The maximum absolute atomic E-state index is 12.0. The molecule has 0 bridgehead atoms. The summed E-state index contributed by atoms with van der Waals surface area (Å²) in [4.78, 5) is 27.3. The lowest BCUT2D eigenvalue weighted by Crippen LogP contribution is -2.18. The molecular weight excluding hydrogens is 326 g/mol. The molecule has 3 aromatic rings. The van der Waals surface area contributed by atoms with Gasteiger partial charge in [-0.05, 0) is 11.6 Å². The molecule has 0 aliphatic carbocycles. The van der Waals surface area contributed by atoms with E-state index in [0.717, 1.165) is 16.8 Å². The molecule has 0 radical (unpaired) electrons. The van der Waals surface area contributed by atoms with Crippen LogP contribution >= 0.6 is 11.3 Å². The number of nitrogens with one attached hydrogen (secondary N) is 2. The molecule has 7 heteroatoms.